The largest absolute Gasteiger partial charge is 0.479 e. The molecule has 2 heterocycles. The number of rotatable bonds is 3. The van der Waals surface area contributed by atoms with Gasteiger partial charge < -0.3 is 34.8 Å². The summed E-state index contributed by atoms with van der Waals surface area (Å²) in [5, 5.41) is 39.5. The maximum atomic E-state index is 11.4. The molecule has 0 radical (unpaired) electrons. The Hall–Kier alpha value is -1.71. The van der Waals surface area contributed by atoms with E-state index in [1.807, 2.05) is 12.1 Å². The van der Waals surface area contributed by atoms with Gasteiger partial charge in [0.1, 0.15) is 24.1 Å². The SMILES string of the molecule is CN1CC[C@@]23CCCC[C@@H]2[C@@H]1Cc1ccc(O[C@@H]2OC(C(=O)O)[C@@H](O)C(O)C2O)cc13. The minimum absolute atomic E-state index is 0.133. The van der Waals surface area contributed by atoms with Crippen LogP contribution in [-0.4, -0.2) is 81.6 Å². The number of carboxylic acid groups (broad SMARTS) is 1. The number of carboxylic acids is 1. The van der Waals surface area contributed by atoms with Crippen LogP contribution in [0, 0.1) is 5.92 Å². The van der Waals surface area contributed by atoms with E-state index in [0.717, 1.165) is 25.8 Å². The smallest absolute Gasteiger partial charge is 0.335 e. The lowest BCUT2D eigenvalue weighted by atomic mass is 9.52. The lowest BCUT2D eigenvalue weighted by Gasteiger charge is -2.58. The first kappa shape index (κ1) is 21.2. The van der Waals surface area contributed by atoms with E-state index in [4.69, 9.17) is 9.47 Å². The minimum atomic E-state index is -1.73. The summed E-state index contributed by atoms with van der Waals surface area (Å²) in [5.41, 5.74) is 2.76. The first-order chi connectivity index (χ1) is 14.8. The van der Waals surface area contributed by atoms with Crippen molar-refractivity contribution in [3.63, 3.8) is 0 Å². The van der Waals surface area contributed by atoms with Crippen LogP contribution in [0.1, 0.15) is 43.2 Å². The molecule has 3 unspecified atom stereocenters. The number of ether oxygens (including phenoxy) is 2. The molecule has 0 aromatic heterocycles. The van der Waals surface area contributed by atoms with E-state index >= 15 is 0 Å². The monoisotopic (exact) mass is 433 g/mol. The number of likely N-dealkylation sites (tertiary alicyclic amines) is 1. The number of hydrogen-bond donors (Lipinski definition) is 4. The lowest BCUT2D eigenvalue weighted by Crippen LogP contribution is -2.61. The van der Waals surface area contributed by atoms with Crippen molar-refractivity contribution in [2.75, 3.05) is 13.6 Å². The molecular weight excluding hydrogens is 402 g/mol. The van der Waals surface area contributed by atoms with Crippen LogP contribution in [-0.2, 0) is 21.4 Å². The van der Waals surface area contributed by atoms with Gasteiger partial charge in [-0.2, -0.15) is 0 Å². The van der Waals surface area contributed by atoms with Gasteiger partial charge in [0.05, 0.1) is 0 Å². The van der Waals surface area contributed by atoms with E-state index < -0.39 is 36.7 Å². The number of aliphatic hydroxyl groups excluding tert-OH is 3. The minimum Gasteiger partial charge on any atom is -0.479 e. The maximum Gasteiger partial charge on any atom is 0.335 e. The third-order valence-corrected chi connectivity index (χ3v) is 8.15. The predicted octanol–water partition coefficient (Wildman–Crippen LogP) is 0.646. The van der Waals surface area contributed by atoms with Gasteiger partial charge in [-0.25, -0.2) is 4.79 Å². The fraction of sp³-hybridized carbons (Fsp3) is 0.696. The van der Waals surface area contributed by atoms with Gasteiger partial charge >= 0.3 is 5.97 Å². The van der Waals surface area contributed by atoms with Gasteiger partial charge in [-0.05, 0) is 68.5 Å². The van der Waals surface area contributed by atoms with E-state index in [9.17, 15) is 25.2 Å². The Morgan fingerprint density at radius 3 is 2.74 bits per heavy atom. The van der Waals surface area contributed by atoms with Crippen molar-refractivity contribution >= 4 is 5.97 Å². The van der Waals surface area contributed by atoms with Crippen molar-refractivity contribution in [1.29, 1.82) is 0 Å². The van der Waals surface area contributed by atoms with Gasteiger partial charge in [-0.3, -0.25) is 0 Å². The summed E-state index contributed by atoms with van der Waals surface area (Å²) in [6, 6.07) is 6.47. The Morgan fingerprint density at radius 1 is 1.16 bits per heavy atom. The highest BCUT2D eigenvalue weighted by atomic mass is 16.7. The van der Waals surface area contributed by atoms with E-state index in [0.29, 0.717) is 17.7 Å². The van der Waals surface area contributed by atoms with Crippen molar-refractivity contribution in [2.45, 2.75) is 80.7 Å². The number of hydrogen-bond acceptors (Lipinski definition) is 7. The molecule has 2 aliphatic heterocycles. The molecule has 8 atom stereocenters. The normalized spacial score (nSPS) is 42.4. The summed E-state index contributed by atoms with van der Waals surface area (Å²) >= 11 is 0. The van der Waals surface area contributed by atoms with Crippen molar-refractivity contribution in [3.8, 4) is 5.75 Å². The third kappa shape index (κ3) is 3.27. The Morgan fingerprint density at radius 2 is 1.97 bits per heavy atom. The Bertz CT molecular complexity index is 862. The van der Waals surface area contributed by atoms with E-state index in [1.165, 1.54) is 30.4 Å². The first-order valence-electron chi connectivity index (χ1n) is 11.2. The summed E-state index contributed by atoms with van der Waals surface area (Å²) in [6.07, 6.45) is -1.03. The van der Waals surface area contributed by atoms with Crippen molar-refractivity contribution in [2.24, 2.45) is 5.92 Å². The molecule has 2 bridgehead atoms. The average molecular weight is 434 g/mol. The molecule has 0 amide bonds. The fourth-order valence-corrected chi connectivity index (χ4v) is 6.53. The van der Waals surface area contributed by atoms with Gasteiger partial charge in [0.2, 0.25) is 6.29 Å². The molecule has 1 aromatic rings. The van der Waals surface area contributed by atoms with Crippen molar-refractivity contribution in [3.05, 3.63) is 29.3 Å². The van der Waals surface area contributed by atoms with Crippen LogP contribution in [0.5, 0.6) is 5.75 Å². The summed E-state index contributed by atoms with van der Waals surface area (Å²) in [5.74, 6) is -0.321. The number of nitrogens with zero attached hydrogens (tertiary/aromatic N) is 1. The molecule has 3 fully saturated rings. The number of likely N-dealkylation sites (N-methyl/N-ethyl adjacent to an activating group) is 1. The topological polar surface area (TPSA) is 120 Å². The number of aliphatic carboxylic acids is 1. The Labute approximate surface area is 181 Å². The van der Waals surface area contributed by atoms with Crippen LogP contribution in [0.15, 0.2) is 18.2 Å². The Kier molecular flexibility index (Phi) is 5.26. The molecule has 8 nitrogen and oxygen atoms in total. The van der Waals surface area contributed by atoms with E-state index in [1.54, 1.807) is 0 Å². The highest BCUT2D eigenvalue weighted by Gasteiger charge is 2.53. The molecule has 1 aromatic carbocycles. The van der Waals surface area contributed by atoms with Crippen molar-refractivity contribution < 1.29 is 34.7 Å². The van der Waals surface area contributed by atoms with Crippen LogP contribution in [0.3, 0.4) is 0 Å². The zero-order valence-corrected chi connectivity index (χ0v) is 17.7. The predicted molar refractivity (Wildman–Crippen MR) is 110 cm³/mol. The second kappa shape index (κ2) is 7.71. The molecule has 2 aliphatic carbocycles. The summed E-state index contributed by atoms with van der Waals surface area (Å²) in [4.78, 5) is 13.9. The van der Waals surface area contributed by atoms with Gasteiger partial charge in [-0.15, -0.1) is 0 Å². The first-order valence-corrected chi connectivity index (χ1v) is 11.2. The standard InChI is InChI=1S/C23H31NO7/c1-24-9-8-23-7-3-2-4-14(23)16(24)10-12-5-6-13(11-15(12)23)30-22-19(27)17(25)18(26)20(31-22)21(28)29/h5-6,11,14,16-20,22,25-27H,2-4,7-10H2,1H3,(H,28,29)/t14-,16+,17?,18+,19?,20?,22-,23+/m1/s1. The number of aliphatic hydroxyl groups is 3. The van der Waals surface area contributed by atoms with E-state index in [2.05, 4.69) is 18.0 Å². The third-order valence-electron chi connectivity index (χ3n) is 8.15. The number of piperidine rings is 1. The average Bonchev–Trinajstić information content (AvgIpc) is 2.76. The molecule has 2 saturated heterocycles. The summed E-state index contributed by atoms with van der Waals surface area (Å²) in [7, 11) is 2.23. The number of carbonyl (C=O) groups is 1. The maximum absolute atomic E-state index is 11.4. The molecule has 1 saturated carbocycles. The van der Waals surface area contributed by atoms with Crippen LogP contribution < -0.4 is 4.74 Å². The summed E-state index contributed by atoms with van der Waals surface area (Å²) < 4.78 is 11.2. The van der Waals surface area contributed by atoms with E-state index in [-0.39, 0.29) is 5.41 Å². The molecule has 31 heavy (non-hydrogen) atoms. The second-order valence-electron chi connectivity index (χ2n) is 9.68. The second-order valence-corrected chi connectivity index (χ2v) is 9.68. The number of benzene rings is 1. The van der Waals surface area contributed by atoms with Crippen LogP contribution in [0.4, 0.5) is 0 Å². The zero-order chi connectivity index (χ0) is 21.9. The fourth-order valence-electron chi connectivity index (χ4n) is 6.53. The molecule has 8 heteroatoms. The van der Waals surface area contributed by atoms with Crippen LogP contribution in [0.2, 0.25) is 0 Å². The molecular formula is C23H31NO7. The van der Waals surface area contributed by atoms with Gasteiger partial charge in [0.15, 0.2) is 6.10 Å². The lowest BCUT2D eigenvalue weighted by molar-refractivity contribution is -0.271. The zero-order valence-electron chi connectivity index (χ0n) is 17.7. The molecule has 4 N–H and O–H groups in total. The summed E-state index contributed by atoms with van der Waals surface area (Å²) in [6.45, 7) is 1.07. The highest BCUT2D eigenvalue weighted by Crippen LogP contribution is 2.56. The molecule has 170 valence electrons. The van der Waals surface area contributed by atoms with Crippen LogP contribution >= 0.6 is 0 Å². The molecule has 5 rings (SSSR count). The van der Waals surface area contributed by atoms with Gasteiger partial charge in [-0.1, -0.05) is 18.9 Å². The molecule has 0 spiro atoms. The van der Waals surface area contributed by atoms with Crippen molar-refractivity contribution in [1.82, 2.24) is 4.90 Å². The van der Waals surface area contributed by atoms with Gasteiger partial charge in [0.25, 0.3) is 0 Å². The highest BCUT2D eigenvalue weighted by molar-refractivity contribution is 5.73. The quantitative estimate of drug-likeness (QED) is 0.549. The molecule has 4 aliphatic rings. The van der Waals surface area contributed by atoms with Gasteiger partial charge in [0, 0.05) is 11.5 Å². The van der Waals surface area contributed by atoms with Crippen LogP contribution in [0.25, 0.3) is 0 Å². The Balaban J connectivity index is 1.45. The number of fused-ring (bicyclic) bond motifs is 1.